The highest BCUT2D eigenvalue weighted by molar-refractivity contribution is 7.12. The van der Waals surface area contributed by atoms with Crippen LogP contribution in [-0.4, -0.2) is 54.8 Å². The molecule has 1 unspecified atom stereocenters. The van der Waals surface area contributed by atoms with Gasteiger partial charge in [0.25, 0.3) is 11.8 Å². The average Bonchev–Trinajstić information content (AvgIpc) is 3.35. The Hall–Kier alpha value is -2.71. The Labute approximate surface area is 198 Å². The van der Waals surface area contributed by atoms with Gasteiger partial charge in [0.05, 0.1) is 16.3 Å². The molecule has 174 valence electrons. The summed E-state index contributed by atoms with van der Waals surface area (Å²) in [7, 11) is 0. The van der Waals surface area contributed by atoms with Gasteiger partial charge in [0.2, 0.25) is 5.91 Å². The van der Waals surface area contributed by atoms with Crippen LogP contribution in [0.2, 0.25) is 0 Å². The third-order valence-electron chi connectivity index (χ3n) is 7.05. The Kier molecular flexibility index (Phi) is 6.46. The number of carbonyl (C=O) groups excluding carboxylic acids is 3. The van der Waals surface area contributed by atoms with Gasteiger partial charge in [-0.15, -0.1) is 11.3 Å². The van der Waals surface area contributed by atoms with E-state index in [-0.39, 0.29) is 30.2 Å². The summed E-state index contributed by atoms with van der Waals surface area (Å²) in [5.74, 6) is 0.0823. The third kappa shape index (κ3) is 4.54. The summed E-state index contributed by atoms with van der Waals surface area (Å²) < 4.78 is 0. The van der Waals surface area contributed by atoms with Crippen LogP contribution in [0.15, 0.2) is 35.7 Å². The number of anilines is 2. The molecular formula is C25H30N4O3S. The van der Waals surface area contributed by atoms with E-state index in [1.54, 1.807) is 12.1 Å². The van der Waals surface area contributed by atoms with Crippen molar-refractivity contribution in [3.63, 3.8) is 0 Å². The van der Waals surface area contributed by atoms with Gasteiger partial charge in [-0.3, -0.25) is 14.4 Å². The summed E-state index contributed by atoms with van der Waals surface area (Å²) in [6.07, 6.45) is 5.81. The molecule has 2 aliphatic heterocycles. The molecule has 8 heteroatoms. The standard InChI is InChI=1S/C25H30N4O3S/c30-23-16-21(17-5-2-1-3-6-17)29(25(32)22-7-4-14-33-22)20-9-8-18(15-19(20)27-23)24(31)28-12-10-26-11-13-28/h4,7-9,14-15,17,21,26H,1-3,5-6,10-13,16H2,(H,27,30). The highest BCUT2D eigenvalue weighted by Crippen LogP contribution is 2.40. The first-order valence-electron chi connectivity index (χ1n) is 11.9. The predicted octanol–water partition coefficient (Wildman–Crippen LogP) is 3.73. The van der Waals surface area contributed by atoms with Gasteiger partial charge in [0, 0.05) is 44.2 Å². The molecular weight excluding hydrogens is 436 g/mol. The second-order valence-corrected chi connectivity index (χ2v) is 10.1. The van der Waals surface area contributed by atoms with E-state index in [0.29, 0.717) is 40.8 Å². The first-order valence-corrected chi connectivity index (χ1v) is 12.8. The number of amides is 3. The van der Waals surface area contributed by atoms with E-state index in [2.05, 4.69) is 10.6 Å². The van der Waals surface area contributed by atoms with E-state index >= 15 is 0 Å². The minimum atomic E-state index is -0.184. The zero-order valence-electron chi connectivity index (χ0n) is 18.7. The molecule has 1 aromatic heterocycles. The summed E-state index contributed by atoms with van der Waals surface area (Å²) in [6, 6.07) is 8.93. The van der Waals surface area contributed by atoms with E-state index in [4.69, 9.17) is 0 Å². The number of hydrogen-bond acceptors (Lipinski definition) is 5. The fourth-order valence-electron chi connectivity index (χ4n) is 5.37. The molecule has 5 rings (SSSR count). The normalized spacial score (nSPS) is 21.8. The van der Waals surface area contributed by atoms with Crippen LogP contribution in [0, 0.1) is 5.92 Å². The van der Waals surface area contributed by atoms with E-state index in [1.165, 1.54) is 17.8 Å². The first-order chi connectivity index (χ1) is 16.1. The van der Waals surface area contributed by atoms with Crippen LogP contribution in [0.3, 0.4) is 0 Å². The van der Waals surface area contributed by atoms with Crippen LogP contribution in [0.1, 0.15) is 58.6 Å². The number of hydrogen-bond donors (Lipinski definition) is 2. The summed E-state index contributed by atoms with van der Waals surface area (Å²) in [5.41, 5.74) is 1.77. The van der Waals surface area contributed by atoms with Gasteiger partial charge in [-0.1, -0.05) is 25.3 Å². The number of piperazine rings is 1. The van der Waals surface area contributed by atoms with Crippen molar-refractivity contribution in [2.75, 3.05) is 36.4 Å². The molecule has 2 aromatic rings. The lowest BCUT2D eigenvalue weighted by Gasteiger charge is -2.37. The molecule has 3 aliphatic rings. The van der Waals surface area contributed by atoms with Crippen molar-refractivity contribution in [1.82, 2.24) is 10.2 Å². The summed E-state index contributed by atoms with van der Waals surface area (Å²) >= 11 is 1.42. The molecule has 0 radical (unpaired) electrons. The second kappa shape index (κ2) is 9.65. The van der Waals surface area contributed by atoms with Gasteiger partial charge in [0.15, 0.2) is 0 Å². The SMILES string of the molecule is O=C1CC(C2CCCCC2)N(C(=O)c2cccs2)c2ccc(C(=O)N3CCNCC3)cc2N1. The first kappa shape index (κ1) is 22.1. The average molecular weight is 467 g/mol. The number of thiophene rings is 1. The Morgan fingerprint density at radius 2 is 1.79 bits per heavy atom. The number of carbonyl (C=O) groups is 3. The van der Waals surface area contributed by atoms with Crippen molar-refractivity contribution in [2.45, 2.75) is 44.6 Å². The summed E-state index contributed by atoms with van der Waals surface area (Å²) in [6.45, 7) is 2.88. The third-order valence-corrected chi connectivity index (χ3v) is 7.91. The van der Waals surface area contributed by atoms with Gasteiger partial charge in [-0.05, 0) is 48.4 Å². The van der Waals surface area contributed by atoms with Crippen LogP contribution in [0.25, 0.3) is 0 Å². The maximum atomic E-state index is 13.7. The smallest absolute Gasteiger partial charge is 0.268 e. The summed E-state index contributed by atoms with van der Waals surface area (Å²) in [4.78, 5) is 44.1. The van der Waals surface area contributed by atoms with E-state index < -0.39 is 0 Å². The number of nitrogens with one attached hydrogen (secondary N) is 2. The van der Waals surface area contributed by atoms with Gasteiger partial charge in [0.1, 0.15) is 0 Å². The maximum absolute atomic E-state index is 13.7. The second-order valence-electron chi connectivity index (χ2n) is 9.14. The molecule has 1 atom stereocenters. The van der Waals surface area contributed by atoms with E-state index in [1.807, 2.05) is 33.4 Å². The Bertz CT molecular complexity index is 1030. The van der Waals surface area contributed by atoms with E-state index in [0.717, 1.165) is 38.8 Å². The number of benzene rings is 1. The fraction of sp³-hybridized carbons (Fsp3) is 0.480. The molecule has 7 nitrogen and oxygen atoms in total. The Morgan fingerprint density at radius 1 is 1.00 bits per heavy atom. The van der Waals surface area contributed by atoms with Crippen molar-refractivity contribution < 1.29 is 14.4 Å². The molecule has 3 amide bonds. The fourth-order valence-corrected chi connectivity index (χ4v) is 6.03. The van der Waals surface area contributed by atoms with Gasteiger partial charge in [-0.25, -0.2) is 0 Å². The number of nitrogens with zero attached hydrogens (tertiary/aromatic N) is 2. The molecule has 1 saturated heterocycles. The Morgan fingerprint density at radius 3 is 2.52 bits per heavy atom. The molecule has 1 aromatic carbocycles. The molecule has 0 bridgehead atoms. The molecule has 0 spiro atoms. The monoisotopic (exact) mass is 466 g/mol. The van der Waals surface area contributed by atoms with Crippen molar-refractivity contribution in [3.8, 4) is 0 Å². The van der Waals surface area contributed by atoms with Crippen LogP contribution < -0.4 is 15.5 Å². The lowest BCUT2D eigenvalue weighted by Crippen LogP contribution is -2.46. The van der Waals surface area contributed by atoms with Crippen LogP contribution in [0.4, 0.5) is 11.4 Å². The van der Waals surface area contributed by atoms with Crippen molar-refractivity contribution in [1.29, 1.82) is 0 Å². The lowest BCUT2D eigenvalue weighted by molar-refractivity contribution is -0.116. The highest BCUT2D eigenvalue weighted by Gasteiger charge is 2.38. The maximum Gasteiger partial charge on any atom is 0.268 e. The minimum Gasteiger partial charge on any atom is -0.336 e. The van der Waals surface area contributed by atoms with Crippen molar-refractivity contribution >= 4 is 40.4 Å². The minimum absolute atomic E-state index is 0.0437. The Balaban J connectivity index is 1.54. The van der Waals surface area contributed by atoms with Crippen molar-refractivity contribution in [3.05, 3.63) is 46.2 Å². The van der Waals surface area contributed by atoms with Crippen molar-refractivity contribution in [2.24, 2.45) is 5.92 Å². The number of fused-ring (bicyclic) bond motifs is 1. The van der Waals surface area contributed by atoms with Crippen LogP contribution >= 0.6 is 11.3 Å². The van der Waals surface area contributed by atoms with Gasteiger partial charge >= 0.3 is 0 Å². The molecule has 3 heterocycles. The van der Waals surface area contributed by atoms with Gasteiger partial charge in [-0.2, -0.15) is 0 Å². The predicted molar refractivity (Wildman–Crippen MR) is 130 cm³/mol. The number of rotatable bonds is 3. The molecule has 2 N–H and O–H groups in total. The molecule has 1 saturated carbocycles. The quantitative estimate of drug-likeness (QED) is 0.722. The van der Waals surface area contributed by atoms with Crippen LogP contribution in [0.5, 0.6) is 0 Å². The zero-order chi connectivity index (χ0) is 22.8. The molecule has 33 heavy (non-hydrogen) atoms. The lowest BCUT2D eigenvalue weighted by atomic mass is 9.81. The largest absolute Gasteiger partial charge is 0.336 e. The van der Waals surface area contributed by atoms with Gasteiger partial charge < -0.3 is 20.4 Å². The van der Waals surface area contributed by atoms with E-state index in [9.17, 15) is 14.4 Å². The molecule has 1 aliphatic carbocycles. The highest BCUT2D eigenvalue weighted by atomic mass is 32.1. The van der Waals surface area contributed by atoms with Crippen LogP contribution in [-0.2, 0) is 4.79 Å². The molecule has 2 fully saturated rings. The topological polar surface area (TPSA) is 81.8 Å². The summed E-state index contributed by atoms with van der Waals surface area (Å²) in [5, 5.41) is 8.17. The zero-order valence-corrected chi connectivity index (χ0v) is 19.5.